The van der Waals surface area contributed by atoms with Crippen LogP contribution < -0.4 is 13.8 Å². The number of rotatable bonds is 6. The van der Waals surface area contributed by atoms with Crippen LogP contribution in [0.25, 0.3) is 6.08 Å². The molecule has 0 atom stereocenters. The Morgan fingerprint density at radius 2 is 1.68 bits per heavy atom. The summed E-state index contributed by atoms with van der Waals surface area (Å²) in [5, 5.41) is 0.559. The summed E-state index contributed by atoms with van der Waals surface area (Å²) in [5.41, 5.74) is 2.17. The molecular weight excluding hydrogens is 514 g/mol. The number of carbonyl (C=O) groups excluding carboxylic acids is 1. The van der Waals surface area contributed by atoms with Crippen LogP contribution in [0.1, 0.15) is 11.1 Å². The van der Waals surface area contributed by atoms with Gasteiger partial charge in [0.15, 0.2) is 15.8 Å². The zero-order valence-electron chi connectivity index (χ0n) is 18.0. The zero-order chi connectivity index (χ0) is 24.5. The summed E-state index contributed by atoms with van der Waals surface area (Å²) in [6.07, 6.45) is 1.66. The Balaban J connectivity index is 1.59. The highest BCUT2D eigenvalue weighted by Gasteiger charge is 2.33. The molecule has 34 heavy (non-hydrogen) atoms. The van der Waals surface area contributed by atoms with E-state index in [0.29, 0.717) is 25.5 Å². The Morgan fingerprint density at radius 3 is 2.32 bits per heavy atom. The minimum absolute atomic E-state index is 0.0361. The highest BCUT2D eigenvalue weighted by molar-refractivity contribution is 8.27. The number of thiocarbonyl (C=S) groups is 1. The van der Waals surface area contributed by atoms with Gasteiger partial charge in [-0.1, -0.05) is 59.3 Å². The number of carbonyl (C=O) groups is 1. The summed E-state index contributed by atoms with van der Waals surface area (Å²) >= 11 is 12.5. The van der Waals surface area contributed by atoms with Crippen LogP contribution in [0.5, 0.6) is 11.5 Å². The average molecular weight is 532 g/mol. The summed E-state index contributed by atoms with van der Waals surface area (Å²) in [4.78, 5) is 14.9. The summed E-state index contributed by atoms with van der Waals surface area (Å²) in [5.74, 6) is -0.0230. The fraction of sp³-hybridized carbons (Fsp3) is 0.0833. The molecule has 0 unspecified atom stereocenters. The normalized spacial score (nSPS) is 15.1. The first-order valence-electron chi connectivity index (χ1n) is 9.91. The number of benzene rings is 3. The molecule has 174 valence electrons. The molecule has 4 rings (SSSR count). The quantitative estimate of drug-likeness (QED) is 0.225. The number of hydrogen-bond acceptors (Lipinski definition) is 7. The number of anilines is 1. The number of ether oxygens (including phenoxy) is 1. The van der Waals surface area contributed by atoms with E-state index in [0.717, 1.165) is 5.56 Å². The number of methoxy groups -OCH3 is 1. The smallest absolute Gasteiger partial charge is 0.339 e. The number of nitrogens with zero attached hydrogens (tertiary/aromatic N) is 1. The number of aryl methyl sites for hydroxylation is 1. The van der Waals surface area contributed by atoms with Crippen LogP contribution in [0.2, 0.25) is 5.02 Å². The molecule has 0 N–H and O–H groups in total. The fourth-order valence-corrected chi connectivity index (χ4v) is 5.51. The predicted octanol–water partition coefficient (Wildman–Crippen LogP) is 5.83. The van der Waals surface area contributed by atoms with Gasteiger partial charge in [0, 0.05) is 5.02 Å². The van der Waals surface area contributed by atoms with E-state index in [4.69, 9.17) is 32.7 Å². The van der Waals surface area contributed by atoms with Gasteiger partial charge in [-0.25, -0.2) is 0 Å². The molecule has 10 heteroatoms. The largest absolute Gasteiger partial charge is 0.493 e. The van der Waals surface area contributed by atoms with Gasteiger partial charge in [0.25, 0.3) is 5.91 Å². The van der Waals surface area contributed by atoms with Crippen molar-refractivity contribution in [2.45, 2.75) is 11.8 Å². The molecule has 1 aliphatic heterocycles. The maximum absolute atomic E-state index is 13.0. The highest BCUT2D eigenvalue weighted by atomic mass is 35.5. The van der Waals surface area contributed by atoms with Crippen LogP contribution in [0.4, 0.5) is 5.69 Å². The Hall–Kier alpha value is -2.85. The lowest BCUT2D eigenvalue weighted by atomic mass is 10.2. The van der Waals surface area contributed by atoms with Gasteiger partial charge in [-0.2, -0.15) is 8.42 Å². The third kappa shape index (κ3) is 5.12. The fourth-order valence-electron chi connectivity index (χ4n) is 3.15. The first kappa shape index (κ1) is 24.3. The van der Waals surface area contributed by atoms with Gasteiger partial charge in [0.05, 0.1) is 17.7 Å². The maximum Gasteiger partial charge on any atom is 0.339 e. The van der Waals surface area contributed by atoms with Gasteiger partial charge in [-0.05, 0) is 67.1 Å². The lowest BCUT2D eigenvalue weighted by Crippen LogP contribution is -2.27. The van der Waals surface area contributed by atoms with E-state index in [2.05, 4.69) is 0 Å². The van der Waals surface area contributed by atoms with Crippen LogP contribution in [-0.2, 0) is 14.9 Å². The lowest BCUT2D eigenvalue weighted by molar-refractivity contribution is -0.113. The van der Waals surface area contributed by atoms with Gasteiger partial charge in [0.2, 0.25) is 0 Å². The van der Waals surface area contributed by atoms with Gasteiger partial charge in [0.1, 0.15) is 4.90 Å². The summed E-state index contributed by atoms with van der Waals surface area (Å²) in [6.45, 7) is 1.86. The average Bonchev–Trinajstić information content (AvgIpc) is 3.08. The standard InChI is InChI=1S/C24H18ClNO5S3/c1-15-3-10-19(11-4-15)34(28,29)31-20-12-5-16(13-21(20)30-2)14-22-23(27)26(24(32)33-22)18-8-6-17(25)7-9-18/h3-14H,1-2H3/b22-14-. The molecule has 0 aliphatic carbocycles. The Morgan fingerprint density at radius 1 is 1.00 bits per heavy atom. The number of halogens is 1. The summed E-state index contributed by atoms with van der Waals surface area (Å²) in [7, 11) is -2.63. The Kier molecular flexibility index (Phi) is 6.99. The third-order valence-electron chi connectivity index (χ3n) is 4.87. The van der Waals surface area contributed by atoms with E-state index < -0.39 is 10.1 Å². The molecule has 1 amide bonds. The highest BCUT2D eigenvalue weighted by Crippen LogP contribution is 2.38. The van der Waals surface area contributed by atoms with Crippen molar-refractivity contribution in [2.24, 2.45) is 0 Å². The van der Waals surface area contributed by atoms with Crippen molar-refractivity contribution in [2.75, 3.05) is 12.0 Å². The molecule has 1 heterocycles. The van der Waals surface area contributed by atoms with Crippen LogP contribution in [0.15, 0.2) is 76.5 Å². The Labute approximate surface area is 212 Å². The monoisotopic (exact) mass is 531 g/mol. The molecule has 3 aromatic rings. The summed E-state index contributed by atoms with van der Waals surface area (Å²) < 4.78 is 36.4. The van der Waals surface area contributed by atoms with Crippen molar-refractivity contribution in [3.63, 3.8) is 0 Å². The number of hydrogen-bond donors (Lipinski definition) is 0. The molecule has 0 spiro atoms. The Bertz CT molecular complexity index is 1400. The molecule has 1 aliphatic rings. The van der Waals surface area contributed by atoms with E-state index >= 15 is 0 Å². The minimum Gasteiger partial charge on any atom is -0.493 e. The first-order chi connectivity index (χ1) is 16.2. The van der Waals surface area contributed by atoms with Crippen molar-refractivity contribution in [1.82, 2.24) is 0 Å². The molecule has 0 radical (unpaired) electrons. The van der Waals surface area contributed by atoms with Crippen molar-refractivity contribution >= 4 is 67.7 Å². The zero-order valence-corrected chi connectivity index (χ0v) is 21.2. The summed E-state index contributed by atoms with van der Waals surface area (Å²) in [6, 6.07) is 17.9. The van der Waals surface area contributed by atoms with Gasteiger partial charge < -0.3 is 8.92 Å². The third-order valence-corrected chi connectivity index (χ3v) is 7.68. The van der Waals surface area contributed by atoms with Crippen LogP contribution >= 0.6 is 35.6 Å². The molecule has 0 aromatic heterocycles. The van der Waals surface area contributed by atoms with Crippen molar-refractivity contribution in [3.05, 3.63) is 87.8 Å². The van der Waals surface area contributed by atoms with Crippen LogP contribution in [0, 0.1) is 6.92 Å². The molecule has 3 aromatic carbocycles. The molecule has 1 fully saturated rings. The van der Waals surface area contributed by atoms with E-state index in [1.165, 1.54) is 42.0 Å². The van der Waals surface area contributed by atoms with Crippen LogP contribution in [0.3, 0.4) is 0 Å². The predicted molar refractivity (Wildman–Crippen MR) is 139 cm³/mol. The molecule has 0 bridgehead atoms. The van der Waals surface area contributed by atoms with Crippen molar-refractivity contribution in [1.29, 1.82) is 0 Å². The molecule has 0 saturated carbocycles. The van der Waals surface area contributed by atoms with Gasteiger partial charge in [-0.3, -0.25) is 9.69 Å². The van der Waals surface area contributed by atoms with Gasteiger partial charge >= 0.3 is 10.1 Å². The topological polar surface area (TPSA) is 72.9 Å². The molecule has 6 nitrogen and oxygen atoms in total. The van der Waals surface area contributed by atoms with E-state index in [1.807, 2.05) is 6.92 Å². The first-order valence-corrected chi connectivity index (χ1v) is 12.9. The maximum atomic E-state index is 13.0. The van der Waals surface area contributed by atoms with Crippen molar-refractivity contribution < 1.29 is 22.1 Å². The van der Waals surface area contributed by atoms with E-state index in [-0.39, 0.29) is 22.3 Å². The second kappa shape index (κ2) is 9.79. The van der Waals surface area contributed by atoms with E-state index in [9.17, 15) is 13.2 Å². The number of thioether (sulfide) groups is 1. The van der Waals surface area contributed by atoms with Crippen molar-refractivity contribution in [3.8, 4) is 11.5 Å². The van der Waals surface area contributed by atoms with Gasteiger partial charge in [-0.15, -0.1) is 0 Å². The van der Waals surface area contributed by atoms with Crippen LogP contribution in [-0.4, -0.2) is 25.8 Å². The SMILES string of the molecule is COc1cc(/C=C2\SC(=S)N(c3ccc(Cl)cc3)C2=O)ccc1OS(=O)(=O)c1ccc(C)cc1. The number of amides is 1. The lowest BCUT2D eigenvalue weighted by Gasteiger charge is -2.14. The molecule has 1 saturated heterocycles. The van der Waals surface area contributed by atoms with E-state index in [1.54, 1.807) is 54.6 Å². The second-order valence-electron chi connectivity index (χ2n) is 7.25. The molecular formula is C24H18ClNO5S3. The second-order valence-corrected chi connectivity index (χ2v) is 10.9. The minimum atomic E-state index is -4.04.